The highest BCUT2D eigenvalue weighted by atomic mass is 19.1. The molecule has 0 aliphatic heterocycles. The van der Waals surface area contributed by atoms with E-state index in [0.717, 1.165) is 36.6 Å². The van der Waals surface area contributed by atoms with Crippen molar-refractivity contribution in [1.82, 2.24) is 5.32 Å². The Kier molecular flexibility index (Phi) is 7.07. The Labute approximate surface area is 117 Å². The lowest BCUT2D eigenvalue weighted by Crippen LogP contribution is -2.20. The molecule has 1 aromatic rings. The monoisotopic (exact) mass is 265 g/mol. The summed E-state index contributed by atoms with van der Waals surface area (Å²) in [5, 5.41) is 3.46. The largest absolute Gasteiger partial charge is 0.316 e. The zero-order valence-corrected chi connectivity index (χ0v) is 12.9. The quantitative estimate of drug-likeness (QED) is 0.687. The molecular formula is C17H28FN. The molecule has 1 rings (SSSR count). The number of hydrogen-bond donors (Lipinski definition) is 1. The van der Waals surface area contributed by atoms with Crippen molar-refractivity contribution < 1.29 is 4.39 Å². The molecule has 1 aromatic carbocycles. The molecule has 0 radical (unpaired) electrons. The van der Waals surface area contributed by atoms with E-state index in [9.17, 15) is 4.39 Å². The summed E-state index contributed by atoms with van der Waals surface area (Å²) in [6, 6.07) is 3.97. The van der Waals surface area contributed by atoms with Gasteiger partial charge in [0.2, 0.25) is 0 Å². The van der Waals surface area contributed by atoms with Crippen molar-refractivity contribution in [3.05, 3.63) is 34.6 Å². The first-order valence-electron chi connectivity index (χ1n) is 7.47. The van der Waals surface area contributed by atoms with E-state index in [4.69, 9.17) is 0 Å². The van der Waals surface area contributed by atoms with Crippen LogP contribution in [0.4, 0.5) is 4.39 Å². The third kappa shape index (κ3) is 6.20. The molecule has 0 aromatic heterocycles. The fourth-order valence-corrected chi connectivity index (χ4v) is 2.33. The van der Waals surface area contributed by atoms with Crippen LogP contribution in [0.3, 0.4) is 0 Å². The molecule has 0 saturated heterocycles. The predicted octanol–water partition coefficient (Wildman–Crippen LogP) is 4.40. The van der Waals surface area contributed by atoms with E-state index in [2.05, 4.69) is 19.2 Å². The zero-order chi connectivity index (χ0) is 14.3. The standard InChI is InChI=1S/C17H28FN/c1-13(2)12-19-9-7-5-6-8-16-10-14(3)17(18)15(4)11-16/h10-11,13,19H,5-9,12H2,1-4H3. The fraction of sp³-hybridized carbons (Fsp3) is 0.647. The Morgan fingerprint density at radius 2 is 1.68 bits per heavy atom. The van der Waals surface area contributed by atoms with Crippen molar-refractivity contribution in [1.29, 1.82) is 0 Å². The first kappa shape index (κ1) is 16.2. The maximum absolute atomic E-state index is 13.5. The van der Waals surface area contributed by atoms with Crippen LogP contribution in [0.2, 0.25) is 0 Å². The predicted molar refractivity (Wildman–Crippen MR) is 81.1 cm³/mol. The molecule has 0 unspecified atom stereocenters. The van der Waals surface area contributed by atoms with Crippen LogP contribution >= 0.6 is 0 Å². The Balaban J connectivity index is 2.19. The van der Waals surface area contributed by atoms with Gasteiger partial charge in [-0.25, -0.2) is 4.39 Å². The second-order valence-corrected chi connectivity index (χ2v) is 5.95. The lowest BCUT2D eigenvalue weighted by Gasteiger charge is -2.08. The zero-order valence-electron chi connectivity index (χ0n) is 12.9. The maximum Gasteiger partial charge on any atom is 0.129 e. The molecule has 0 fully saturated rings. The summed E-state index contributed by atoms with van der Waals surface area (Å²) in [6.07, 6.45) is 4.71. The number of benzene rings is 1. The molecule has 0 spiro atoms. The molecular weight excluding hydrogens is 237 g/mol. The topological polar surface area (TPSA) is 12.0 Å². The van der Waals surface area contributed by atoms with E-state index in [1.807, 2.05) is 26.0 Å². The summed E-state index contributed by atoms with van der Waals surface area (Å²) < 4.78 is 13.5. The van der Waals surface area contributed by atoms with E-state index in [0.29, 0.717) is 0 Å². The molecule has 19 heavy (non-hydrogen) atoms. The molecule has 1 N–H and O–H groups in total. The average molecular weight is 265 g/mol. The average Bonchev–Trinajstić information content (AvgIpc) is 2.34. The number of nitrogens with one attached hydrogen (secondary N) is 1. The van der Waals surface area contributed by atoms with Gasteiger partial charge in [-0.1, -0.05) is 32.4 Å². The first-order chi connectivity index (χ1) is 9.00. The number of unbranched alkanes of at least 4 members (excludes halogenated alkanes) is 2. The molecule has 0 amide bonds. The normalized spacial score (nSPS) is 11.3. The van der Waals surface area contributed by atoms with Crippen molar-refractivity contribution in [3.8, 4) is 0 Å². The summed E-state index contributed by atoms with van der Waals surface area (Å²) in [5.74, 6) is 0.673. The van der Waals surface area contributed by atoms with Gasteiger partial charge >= 0.3 is 0 Å². The van der Waals surface area contributed by atoms with E-state index < -0.39 is 0 Å². The van der Waals surface area contributed by atoms with Gasteiger partial charge < -0.3 is 5.32 Å². The molecule has 108 valence electrons. The number of aryl methyl sites for hydroxylation is 3. The van der Waals surface area contributed by atoms with Gasteiger partial charge in [-0.15, -0.1) is 0 Å². The van der Waals surface area contributed by atoms with Gasteiger partial charge in [0.1, 0.15) is 5.82 Å². The molecule has 0 atom stereocenters. The van der Waals surface area contributed by atoms with Crippen molar-refractivity contribution in [2.45, 2.75) is 53.4 Å². The van der Waals surface area contributed by atoms with Gasteiger partial charge in [0.05, 0.1) is 0 Å². The van der Waals surface area contributed by atoms with E-state index in [1.54, 1.807) is 0 Å². The van der Waals surface area contributed by atoms with Crippen molar-refractivity contribution in [2.24, 2.45) is 5.92 Å². The van der Waals surface area contributed by atoms with E-state index >= 15 is 0 Å². The van der Waals surface area contributed by atoms with Crippen molar-refractivity contribution in [3.63, 3.8) is 0 Å². The van der Waals surface area contributed by atoms with Gasteiger partial charge in [-0.05, 0) is 68.8 Å². The van der Waals surface area contributed by atoms with Gasteiger partial charge in [-0.3, -0.25) is 0 Å². The van der Waals surface area contributed by atoms with E-state index in [-0.39, 0.29) is 5.82 Å². The Bertz CT molecular complexity index is 362. The molecule has 0 bridgehead atoms. The van der Waals surface area contributed by atoms with Gasteiger partial charge in [0.25, 0.3) is 0 Å². The summed E-state index contributed by atoms with van der Waals surface area (Å²) in [7, 11) is 0. The van der Waals surface area contributed by atoms with Gasteiger partial charge in [-0.2, -0.15) is 0 Å². The Hall–Kier alpha value is -0.890. The molecule has 1 nitrogen and oxygen atoms in total. The van der Waals surface area contributed by atoms with Crippen LogP contribution < -0.4 is 5.32 Å². The lowest BCUT2D eigenvalue weighted by atomic mass is 10.0. The van der Waals surface area contributed by atoms with Crippen LogP contribution in [-0.4, -0.2) is 13.1 Å². The minimum Gasteiger partial charge on any atom is -0.316 e. The summed E-state index contributed by atoms with van der Waals surface area (Å²) in [6.45, 7) is 10.4. The van der Waals surface area contributed by atoms with E-state index in [1.165, 1.54) is 24.8 Å². The van der Waals surface area contributed by atoms with Crippen molar-refractivity contribution >= 4 is 0 Å². The number of rotatable bonds is 8. The van der Waals surface area contributed by atoms with Crippen LogP contribution in [0, 0.1) is 25.6 Å². The summed E-state index contributed by atoms with van der Waals surface area (Å²) >= 11 is 0. The second-order valence-electron chi connectivity index (χ2n) is 5.95. The van der Waals surface area contributed by atoms with Gasteiger partial charge in [0, 0.05) is 0 Å². The SMILES string of the molecule is Cc1cc(CCCCCNCC(C)C)cc(C)c1F. The molecule has 0 aliphatic rings. The third-order valence-electron chi connectivity index (χ3n) is 3.37. The smallest absolute Gasteiger partial charge is 0.129 e. The molecule has 2 heteroatoms. The molecule has 0 aliphatic carbocycles. The van der Waals surface area contributed by atoms with Crippen LogP contribution in [0.15, 0.2) is 12.1 Å². The third-order valence-corrected chi connectivity index (χ3v) is 3.37. The van der Waals surface area contributed by atoms with Crippen LogP contribution in [0.5, 0.6) is 0 Å². The minimum absolute atomic E-state index is 0.0540. The number of halogens is 1. The first-order valence-corrected chi connectivity index (χ1v) is 7.47. The summed E-state index contributed by atoms with van der Waals surface area (Å²) in [5.41, 5.74) is 2.81. The van der Waals surface area contributed by atoms with Gasteiger partial charge in [0.15, 0.2) is 0 Å². The molecule has 0 heterocycles. The number of hydrogen-bond acceptors (Lipinski definition) is 1. The highest BCUT2D eigenvalue weighted by molar-refractivity contribution is 5.30. The van der Waals surface area contributed by atoms with Crippen LogP contribution in [-0.2, 0) is 6.42 Å². The Morgan fingerprint density at radius 1 is 1.05 bits per heavy atom. The second kappa shape index (κ2) is 8.31. The maximum atomic E-state index is 13.5. The highest BCUT2D eigenvalue weighted by Gasteiger charge is 2.04. The van der Waals surface area contributed by atoms with Crippen LogP contribution in [0.25, 0.3) is 0 Å². The van der Waals surface area contributed by atoms with Crippen LogP contribution in [0.1, 0.15) is 49.8 Å². The lowest BCUT2D eigenvalue weighted by molar-refractivity contribution is 0.530. The fourth-order valence-electron chi connectivity index (χ4n) is 2.33. The summed E-state index contributed by atoms with van der Waals surface area (Å²) in [4.78, 5) is 0. The minimum atomic E-state index is -0.0540. The van der Waals surface area contributed by atoms with Crippen molar-refractivity contribution in [2.75, 3.05) is 13.1 Å². The Morgan fingerprint density at radius 3 is 2.26 bits per heavy atom. The highest BCUT2D eigenvalue weighted by Crippen LogP contribution is 2.16. The molecule has 0 saturated carbocycles.